The molecule has 1 aromatic rings. The van der Waals surface area contributed by atoms with Crippen molar-refractivity contribution >= 4 is 27.5 Å². The van der Waals surface area contributed by atoms with Crippen molar-refractivity contribution < 1.29 is 12.8 Å². The molecule has 1 aliphatic carbocycles. The number of hydrogen-bond acceptors (Lipinski definition) is 5. The zero-order valence-electron chi connectivity index (χ0n) is 13.9. The molecular formula is C17H22FN3O2S2. The van der Waals surface area contributed by atoms with Crippen LogP contribution < -0.4 is 10.5 Å². The average molecular weight is 384 g/mol. The highest BCUT2D eigenvalue weighted by Crippen LogP contribution is 2.27. The van der Waals surface area contributed by atoms with E-state index in [1.807, 2.05) is 17.8 Å². The van der Waals surface area contributed by atoms with Crippen LogP contribution in [-0.2, 0) is 10.0 Å². The van der Waals surface area contributed by atoms with Crippen LogP contribution in [0.4, 0.5) is 10.1 Å². The van der Waals surface area contributed by atoms with Crippen LogP contribution in [0.2, 0.25) is 0 Å². The van der Waals surface area contributed by atoms with Gasteiger partial charge >= 0.3 is 0 Å². The standard InChI is InChI=1S/C17H22FN3O2S2/c18-16-11-15(25(20,22)23)10-13(12-19)17(16)21-8-5-9-24-14-6-3-1-2-4-7-14/h5,8,10-11,14,21H,1-4,6-7,9H2,(H2,20,22,23)/b8-5+. The molecule has 0 amide bonds. The molecule has 0 saturated heterocycles. The summed E-state index contributed by atoms with van der Waals surface area (Å²) in [6.07, 6.45) is 11.2. The van der Waals surface area contributed by atoms with Crippen LogP contribution in [0.15, 0.2) is 29.3 Å². The van der Waals surface area contributed by atoms with E-state index >= 15 is 0 Å². The Labute approximate surface area is 152 Å². The first kappa shape index (κ1) is 19.8. The van der Waals surface area contributed by atoms with E-state index in [0.29, 0.717) is 5.25 Å². The van der Waals surface area contributed by atoms with Crippen molar-refractivity contribution in [3.8, 4) is 6.07 Å². The van der Waals surface area contributed by atoms with E-state index in [1.165, 1.54) is 38.5 Å². The molecule has 5 nitrogen and oxygen atoms in total. The SMILES string of the molecule is N#Cc1cc(S(N)(=O)=O)cc(F)c1N/C=C/CSC1CCCCCC1. The van der Waals surface area contributed by atoms with Crippen molar-refractivity contribution in [1.82, 2.24) is 0 Å². The highest BCUT2D eigenvalue weighted by molar-refractivity contribution is 8.00. The zero-order valence-corrected chi connectivity index (χ0v) is 15.5. The lowest BCUT2D eigenvalue weighted by atomic mass is 10.2. The average Bonchev–Trinajstić information content (AvgIpc) is 2.83. The van der Waals surface area contributed by atoms with Crippen molar-refractivity contribution in [3.05, 3.63) is 35.8 Å². The highest BCUT2D eigenvalue weighted by Gasteiger charge is 2.16. The van der Waals surface area contributed by atoms with E-state index < -0.39 is 20.7 Å². The summed E-state index contributed by atoms with van der Waals surface area (Å²) >= 11 is 1.88. The summed E-state index contributed by atoms with van der Waals surface area (Å²) in [5.41, 5.74) is -0.157. The number of sulfonamides is 1. The van der Waals surface area contributed by atoms with Crippen LogP contribution >= 0.6 is 11.8 Å². The van der Waals surface area contributed by atoms with Gasteiger partial charge in [-0.1, -0.05) is 31.8 Å². The van der Waals surface area contributed by atoms with E-state index in [2.05, 4.69) is 5.32 Å². The van der Waals surface area contributed by atoms with Gasteiger partial charge in [0.25, 0.3) is 0 Å². The number of rotatable bonds is 6. The van der Waals surface area contributed by atoms with Gasteiger partial charge in [-0.2, -0.15) is 17.0 Å². The van der Waals surface area contributed by atoms with Gasteiger partial charge in [0.1, 0.15) is 11.9 Å². The molecule has 0 heterocycles. The Morgan fingerprint density at radius 2 is 2.00 bits per heavy atom. The van der Waals surface area contributed by atoms with Gasteiger partial charge in [-0.3, -0.25) is 0 Å². The lowest BCUT2D eigenvalue weighted by molar-refractivity contribution is 0.593. The summed E-state index contributed by atoms with van der Waals surface area (Å²) in [6, 6.07) is 3.66. The monoisotopic (exact) mass is 383 g/mol. The van der Waals surface area contributed by atoms with Crippen LogP contribution in [0.1, 0.15) is 44.1 Å². The third-order valence-electron chi connectivity index (χ3n) is 4.09. The summed E-state index contributed by atoms with van der Waals surface area (Å²) in [5, 5.41) is 17.5. The first-order valence-corrected chi connectivity index (χ1v) is 10.8. The van der Waals surface area contributed by atoms with Crippen LogP contribution in [0.25, 0.3) is 0 Å². The molecule has 136 valence electrons. The summed E-state index contributed by atoms with van der Waals surface area (Å²) in [6.45, 7) is 0. The third-order valence-corrected chi connectivity index (χ3v) is 6.31. The van der Waals surface area contributed by atoms with E-state index in [4.69, 9.17) is 10.4 Å². The molecule has 3 N–H and O–H groups in total. The summed E-state index contributed by atoms with van der Waals surface area (Å²) in [7, 11) is -4.06. The number of anilines is 1. The Kier molecular flexibility index (Phi) is 7.29. The number of nitrogens with zero attached hydrogens (tertiary/aromatic N) is 1. The van der Waals surface area contributed by atoms with Gasteiger partial charge in [0.15, 0.2) is 0 Å². The number of benzene rings is 1. The second kappa shape index (κ2) is 9.22. The highest BCUT2D eigenvalue weighted by atomic mass is 32.2. The largest absolute Gasteiger partial charge is 0.359 e. The maximum atomic E-state index is 14.1. The van der Waals surface area contributed by atoms with Crippen molar-refractivity contribution in [2.24, 2.45) is 5.14 Å². The number of nitrogens with one attached hydrogen (secondary N) is 1. The Morgan fingerprint density at radius 1 is 1.32 bits per heavy atom. The number of primary sulfonamides is 1. The van der Waals surface area contributed by atoms with Gasteiger partial charge in [-0.05, 0) is 31.2 Å². The summed E-state index contributed by atoms with van der Waals surface area (Å²) in [5.74, 6) is -0.0275. The van der Waals surface area contributed by atoms with Gasteiger partial charge in [-0.25, -0.2) is 17.9 Å². The lowest BCUT2D eigenvalue weighted by Crippen LogP contribution is -2.13. The number of nitriles is 1. The van der Waals surface area contributed by atoms with Crippen molar-refractivity contribution in [1.29, 1.82) is 5.26 Å². The number of thioether (sulfide) groups is 1. The van der Waals surface area contributed by atoms with Gasteiger partial charge in [0.2, 0.25) is 10.0 Å². The zero-order chi connectivity index (χ0) is 18.3. The fourth-order valence-electron chi connectivity index (χ4n) is 2.77. The molecule has 0 bridgehead atoms. The van der Waals surface area contributed by atoms with Crippen LogP contribution in [-0.4, -0.2) is 19.4 Å². The number of hydrogen-bond donors (Lipinski definition) is 2. The molecule has 0 unspecified atom stereocenters. The van der Waals surface area contributed by atoms with E-state index in [1.54, 1.807) is 12.3 Å². The summed E-state index contributed by atoms with van der Waals surface area (Å²) < 4.78 is 36.7. The Balaban J connectivity index is 1.97. The first-order chi connectivity index (χ1) is 11.9. The maximum absolute atomic E-state index is 14.1. The predicted molar refractivity (Wildman–Crippen MR) is 99.2 cm³/mol. The fourth-order valence-corrected chi connectivity index (χ4v) is 4.47. The van der Waals surface area contributed by atoms with Gasteiger partial charge < -0.3 is 5.32 Å². The number of nitrogens with two attached hydrogens (primary N) is 1. The minimum absolute atomic E-state index is 0.0504. The molecule has 25 heavy (non-hydrogen) atoms. The Hall–Kier alpha value is -1.56. The fraction of sp³-hybridized carbons (Fsp3) is 0.471. The number of halogens is 1. The van der Waals surface area contributed by atoms with E-state index in [0.717, 1.165) is 17.9 Å². The third kappa shape index (κ3) is 6.03. The van der Waals surface area contributed by atoms with Gasteiger partial charge in [0, 0.05) is 11.0 Å². The second-order valence-corrected chi connectivity index (χ2v) is 8.87. The second-order valence-electron chi connectivity index (χ2n) is 5.98. The molecule has 1 aromatic carbocycles. The predicted octanol–water partition coefficient (Wildman–Crippen LogP) is 3.73. The molecule has 0 radical (unpaired) electrons. The van der Waals surface area contributed by atoms with E-state index in [9.17, 15) is 12.8 Å². The lowest BCUT2D eigenvalue weighted by Gasteiger charge is -2.11. The maximum Gasteiger partial charge on any atom is 0.238 e. The quantitative estimate of drug-likeness (QED) is 0.730. The molecule has 0 aliphatic heterocycles. The Morgan fingerprint density at radius 3 is 2.60 bits per heavy atom. The van der Waals surface area contributed by atoms with Crippen LogP contribution in [0.5, 0.6) is 0 Å². The molecule has 2 rings (SSSR count). The van der Waals surface area contributed by atoms with Gasteiger partial charge in [-0.15, -0.1) is 0 Å². The normalized spacial score (nSPS) is 16.5. The van der Waals surface area contributed by atoms with Crippen LogP contribution in [0, 0.1) is 17.1 Å². The Bertz CT molecular complexity index is 765. The first-order valence-electron chi connectivity index (χ1n) is 8.21. The molecule has 1 aliphatic rings. The van der Waals surface area contributed by atoms with Gasteiger partial charge in [0.05, 0.1) is 16.1 Å². The minimum Gasteiger partial charge on any atom is -0.359 e. The smallest absolute Gasteiger partial charge is 0.238 e. The molecule has 0 spiro atoms. The van der Waals surface area contributed by atoms with Crippen LogP contribution in [0.3, 0.4) is 0 Å². The molecule has 0 aromatic heterocycles. The molecule has 1 fully saturated rings. The summed E-state index contributed by atoms with van der Waals surface area (Å²) in [4.78, 5) is -0.417. The van der Waals surface area contributed by atoms with Crippen molar-refractivity contribution in [2.75, 3.05) is 11.1 Å². The molecule has 1 saturated carbocycles. The minimum atomic E-state index is -4.06. The molecular weight excluding hydrogens is 361 g/mol. The molecule has 0 atom stereocenters. The topological polar surface area (TPSA) is 96.0 Å². The van der Waals surface area contributed by atoms with Crippen molar-refractivity contribution in [3.63, 3.8) is 0 Å². The van der Waals surface area contributed by atoms with E-state index in [-0.39, 0.29) is 11.3 Å². The van der Waals surface area contributed by atoms with Crippen molar-refractivity contribution in [2.45, 2.75) is 48.7 Å². The molecule has 8 heteroatoms.